The molecule has 14 heavy (non-hydrogen) atoms. The number of benzene rings is 1. The van der Waals surface area contributed by atoms with Crippen molar-refractivity contribution in [3.8, 4) is 0 Å². The number of nitrogens with one attached hydrogen (secondary N) is 1. The average Bonchev–Trinajstić information content (AvgIpc) is 2.19. The molecule has 0 aliphatic carbocycles. The molecule has 0 saturated heterocycles. The highest BCUT2D eigenvalue weighted by atomic mass is 19.2. The second-order valence-electron chi connectivity index (χ2n) is 2.89. The summed E-state index contributed by atoms with van der Waals surface area (Å²) in [7, 11) is 0. The van der Waals surface area contributed by atoms with E-state index in [0.717, 1.165) is 12.1 Å². The van der Waals surface area contributed by atoms with Gasteiger partial charge in [-0.05, 0) is 19.1 Å². The zero-order chi connectivity index (χ0) is 10.7. The molecule has 0 aliphatic rings. The highest BCUT2D eigenvalue weighted by Gasteiger charge is 2.13. The Morgan fingerprint density at radius 3 is 2.50 bits per heavy atom. The molecule has 0 aromatic heterocycles. The summed E-state index contributed by atoms with van der Waals surface area (Å²) >= 11 is 0. The van der Waals surface area contributed by atoms with Crippen molar-refractivity contribution in [3.63, 3.8) is 0 Å². The normalized spacial score (nSPS) is 12.3. The van der Waals surface area contributed by atoms with Crippen molar-refractivity contribution in [1.29, 1.82) is 0 Å². The third kappa shape index (κ3) is 2.07. The van der Waals surface area contributed by atoms with Gasteiger partial charge in [0.2, 0.25) is 0 Å². The number of halogens is 3. The van der Waals surface area contributed by atoms with Crippen LogP contribution in [0.1, 0.15) is 6.92 Å². The lowest BCUT2D eigenvalue weighted by molar-refractivity contribution is 0.448. The highest BCUT2D eigenvalue weighted by molar-refractivity contribution is 5.46. The maximum absolute atomic E-state index is 13.0. The van der Waals surface area contributed by atoms with E-state index >= 15 is 0 Å². The first-order valence-corrected chi connectivity index (χ1v) is 4.09. The molecule has 0 heterocycles. The minimum Gasteiger partial charge on any atom is -0.377 e. The molecule has 0 spiro atoms. The quantitative estimate of drug-likeness (QED) is 0.585. The van der Waals surface area contributed by atoms with E-state index in [2.05, 4.69) is 11.9 Å². The van der Waals surface area contributed by atoms with Gasteiger partial charge in [0.25, 0.3) is 0 Å². The third-order valence-electron chi connectivity index (χ3n) is 1.77. The van der Waals surface area contributed by atoms with Crippen molar-refractivity contribution in [2.24, 2.45) is 0 Å². The molecule has 1 N–H and O–H groups in total. The van der Waals surface area contributed by atoms with E-state index in [1.807, 2.05) is 0 Å². The second kappa shape index (κ2) is 4.17. The molecular weight excluding hydrogens is 191 g/mol. The Morgan fingerprint density at radius 1 is 1.29 bits per heavy atom. The summed E-state index contributed by atoms with van der Waals surface area (Å²) in [6.07, 6.45) is 1.53. The van der Waals surface area contributed by atoms with E-state index in [9.17, 15) is 13.2 Å². The van der Waals surface area contributed by atoms with Gasteiger partial charge in [-0.25, -0.2) is 13.2 Å². The minimum absolute atomic E-state index is 0.0729. The molecule has 0 amide bonds. The molecule has 1 aromatic rings. The SMILES string of the molecule is C=CC(C)Nc1ccc(F)c(F)c1F. The van der Waals surface area contributed by atoms with Crippen LogP contribution in [-0.2, 0) is 0 Å². The Kier molecular flexibility index (Phi) is 3.17. The number of anilines is 1. The molecule has 4 heteroatoms. The van der Waals surface area contributed by atoms with Crippen LogP contribution in [-0.4, -0.2) is 6.04 Å². The van der Waals surface area contributed by atoms with E-state index in [1.54, 1.807) is 6.92 Å². The van der Waals surface area contributed by atoms with Crippen molar-refractivity contribution >= 4 is 5.69 Å². The van der Waals surface area contributed by atoms with Crippen LogP contribution in [0, 0.1) is 17.5 Å². The Hall–Kier alpha value is -1.45. The largest absolute Gasteiger partial charge is 0.377 e. The van der Waals surface area contributed by atoms with Crippen LogP contribution in [0.4, 0.5) is 18.9 Å². The van der Waals surface area contributed by atoms with E-state index in [1.165, 1.54) is 6.08 Å². The van der Waals surface area contributed by atoms with Gasteiger partial charge in [0.05, 0.1) is 5.69 Å². The van der Waals surface area contributed by atoms with Crippen LogP contribution in [0.5, 0.6) is 0 Å². The van der Waals surface area contributed by atoms with Crippen LogP contribution in [0.2, 0.25) is 0 Å². The summed E-state index contributed by atoms with van der Waals surface area (Å²) in [5, 5.41) is 2.63. The maximum atomic E-state index is 13.0. The number of hydrogen-bond acceptors (Lipinski definition) is 1. The van der Waals surface area contributed by atoms with Crippen molar-refractivity contribution < 1.29 is 13.2 Å². The number of rotatable bonds is 3. The summed E-state index contributed by atoms with van der Waals surface area (Å²) < 4.78 is 38.3. The summed E-state index contributed by atoms with van der Waals surface area (Å²) in [4.78, 5) is 0. The van der Waals surface area contributed by atoms with Gasteiger partial charge in [-0.2, -0.15) is 0 Å². The van der Waals surface area contributed by atoms with Crippen LogP contribution in [0.25, 0.3) is 0 Å². The summed E-state index contributed by atoms with van der Waals surface area (Å²) in [6, 6.07) is 1.80. The summed E-state index contributed by atoms with van der Waals surface area (Å²) in [5.74, 6) is -3.87. The standard InChI is InChI=1S/C10H10F3N/c1-3-6(2)14-8-5-4-7(11)9(12)10(8)13/h3-6,14H,1H2,2H3. The van der Waals surface area contributed by atoms with Gasteiger partial charge in [0.1, 0.15) is 0 Å². The smallest absolute Gasteiger partial charge is 0.196 e. The van der Waals surface area contributed by atoms with Crippen molar-refractivity contribution in [1.82, 2.24) is 0 Å². The van der Waals surface area contributed by atoms with Gasteiger partial charge in [-0.3, -0.25) is 0 Å². The molecule has 0 fully saturated rings. The van der Waals surface area contributed by atoms with Gasteiger partial charge in [-0.1, -0.05) is 6.08 Å². The minimum atomic E-state index is -1.47. The van der Waals surface area contributed by atoms with Gasteiger partial charge in [0, 0.05) is 6.04 Å². The summed E-state index contributed by atoms with van der Waals surface area (Å²) in [6.45, 7) is 5.19. The average molecular weight is 201 g/mol. The fourth-order valence-electron chi connectivity index (χ4n) is 0.942. The molecule has 1 unspecified atom stereocenters. The zero-order valence-corrected chi connectivity index (χ0v) is 7.65. The molecule has 1 atom stereocenters. The highest BCUT2D eigenvalue weighted by Crippen LogP contribution is 2.20. The van der Waals surface area contributed by atoms with E-state index in [-0.39, 0.29) is 11.7 Å². The predicted molar refractivity (Wildman–Crippen MR) is 49.6 cm³/mol. The first kappa shape index (κ1) is 10.6. The first-order valence-electron chi connectivity index (χ1n) is 4.09. The van der Waals surface area contributed by atoms with Crippen LogP contribution < -0.4 is 5.32 Å². The monoisotopic (exact) mass is 201 g/mol. The van der Waals surface area contributed by atoms with Gasteiger partial charge < -0.3 is 5.32 Å². The maximum Gasteiger partial charge on any atom is 0.196 e. The Labute approximate surface area is 80.2 Å². The van der Waals surface area contributed by atoms with Crippen molar-refractivity contribution in [2.45, 2.75) is 13.0 Å². The van der Waals surface area contributed by atoms with Crippen molar-refractivity contribution in [2.75, 3.05) is 5.32 Å². The first-order chi connectivity index (χ1) is 6.56. The lowest BCUT2D eigenvalue weighted by Gasteiger charge is -2.11. The summed E-state index contributed by atoms with van der Waals surface area (Å²) in [5.41, 5.74) is -0.0729. The Morgan fingerprint density at radius 2 is 1.93 bits per heavy atom. The van der Waals surface area contributed by atoms with Crippen LogP contribution >= 0.6 is 0 Å². The zero-order valence-electron chi connectivity index (χ0n) is 7.65. The molecule has 0 aliphatic heterocycles. The van der Waals surface area contributed by atoms with E-state index < -0.39 is 17.5 Å². The number of hydrogen-bond donors (Lipinski definition) is 1. The van der Waals surface area contributed by atoms with E-state index in [4.69, 9.17) is 0 Å². The lowest BCUT2D eigenvalue weighted by Crippen LogP contribution is -2.13. The molecule has 0 saturated carbocycles. The molecule has 1 rings (SSSR count). The Bertz CT molecular complexity index is 349. The Balaban J connectivity index is 2.99. The molecular formula is C10H10F3N. The fourth-order valence-corrected chi connectivity index (χ4v) is 0.942. The van der Waals surface area contributed by atoms with Gasteiger partial charge in [0.15, 0.2) is 17.5 Å². The third-order valence-corrected chi connectivity index (χ3v) is 1.77. The topological polar surface area (TPSA) is 12.0 Å². The van der Waals surface area contributed by atoms with Crippen molar-refractivity contribution in [3.05, 3.63) is 42.2 Å². The molecule has 1 nitrogen and oxygen atoms in total. The van der Waals surface area contributed by atoms with Crippen LogP contribution in [0.15, 0.2) is 24.8 Å². The van der Waals surface area contributed by atoms with Gasteiger partial charge >= 0.3 is 0 Å². The van der Waals surface area contributed by atoms with Gasteiger partial charge in [-0.15, -0.1) is 6.58 Å². The second-order valence-corrected chi connectivity index (χ2v) is 2.89. The molecule has 76 valence electrons. The molecule has 1 aromatic carbocycles. The predicted octanol–water partition coefficient (Wildman–Crippen LogP) is 3.09. The van der Waals surface area contributed by atoms with Crippen LogP contribution in [0.3, 0.4) is 0 Å². The fraction of sp³-hybridized carbons (Fsp3) is 0.200. The lowest BCUT2D eigenvalue weighted by atomic mass is 10.2. The molecule has 0 radical (unpaired) electrons. The van der Waals surface area contributed by atoms with E-state index in [0.29, 0.717) is 0 Å². The molecule has 0 bridgehead atoms.